The number of aliphatic hydroxyl groups excluding tert-OH is 3. The second kappa shape index (κ2) is 4.68. The maximum Gasteiger partial charge on any atom is 0.176 e. The SMILES string of the molecule is N=C1c2ncn([C@@H]3O[C@H](CO)[C@@H](O)[C@H]3O)c2NCN1O. The zero-order chi connectivity index (χ0) is 14.4. The van der Waals surface area contributed by atoms with Crippen LogP contribution in [-0.4, -0.2) is 72.6 Å². The van der Waals surface area contributed by atoms with Crippen LogP contribution in [0.4, 0.5) is 5.82 Å². The number of nitrogens with zero attached hydrogens (tertiary/aromatic N) is 3. The summed E-state index contributed by atoms with van der Waals surface area (Å²) in [6, 6.07) is 0. The highest BCUT2D eigenvalue weighted by Crippen LogP contribution is 2.33. The molecule has 0 bridgehead atoms. The largest absolute Gasteiger partial charge is 0.394 e. The minimum atomic E-state index is -1.23. The smallest absolute Gasteiger partial charge is 0.176 e. The van der Waals surface area contributed by atoms with Crippen molar-refractivity contribution in [1.29, 1.82) is 5.41 Å². The van der Waals surface area contributed by atoms with Crippen molar-refractivity contribution >= 4 is 11.7 Å². The van der Waals surface area contributed by atoms with Crippen LogP contribution < -0.4 is 5.32 Å². The summed E-state index contributed by atoms with van der Waals surface area (Å²) in [6.45, 7) is -0.425. The first kappa shape index (κ1) is 13.3. The van der Waals surface area contributed by atoms with Crippen LogP contribution in [0.1, 0.15) is 11.9 Å². The molecule has 4 atom stereocenters. The van der Waals surface area contributed by atoms with E-state index in [4.69, 9.17) is 15.3 Å². The fraction of sp³-hybridized carbons (Fsp3) is 0.600. The number of anilines is 1. The Labute approximate surface area is 113 Å². The van der Waals surface area contributed by atoms with Crippen molar-refractivity contribution in [3.63, 3.8) is 0 Å². The highest BCUT2D eigenvalue weighted by molar-refractivity contribution is 5.99. The predicted molar refractivity (Wildman–Crippen MR) is 64.2 cm³/mol. The lowest BCUT2D eigenvalue weighted by atomic mass is 10.1. The topological polar surface area (TPSA) is 147 Å². The van der Waals surface area contributed by atoms with Gasteiger partial charge in [0.1, 0.15) is 36.5 Å². The Morgan fingerprint density at radius 3 is 2.85 bits per heavy atom. The zero-order valence-electron chi connectivity index (χ0n) is 10.3. The summed E-state index contributed by atoms with van der Waals surface area (Å²) in [4.78, 5) is 3.98. The maximum atomic E-state index is 9.97. The number of imidazole rings is 1. The molecular formula is C10H15N5O5. The first-order chi connectivity index (χ1) is 9.54. The Morgan fingerprint density at radius 2 is 2.20 bits per heavy atom. The molecule has 0 unspecified atom stereocenters. The van der Waals surface area contributed by atoms with Gasteiger partial charge in [-0.05, 0) is 0 Å². The summed E-state index contributed by atoms with van der Waals surface area (Å²) in [7, 11) is 0. The van der Waals surface area contributed by atoms with Gasteiger partial charge in [0.2, 0.25) is 0 Å². The molecule has 110 valence electrons. The molecule has 1 saturated heterocycles. The van der Waals surface area contributed by atoms with E-state index in [1.165, 1.54) is 10.9 Å². The first-order valence-corrected chi connectivity index (χ1v) is 6.03. The van der Waals surface area contributed by atoms with Gasteiger partial charge in [0.25, 0.3) is 0 Å². The molecule has 0 amide bonds. The zero-order valence-corrected chi connectivity index (χ0v) is 10.3. The molecule has 6 N–H and O–H groups in total. The molecule has 1 aromatic rings. The van der Waals surface area contributed by atoms with E-state index in [0.29, 0.717) is 10.9 Å². The lowest BCUT2D eigenvalue weighted by Crippen LogP contribution is -2.38. The fourth-order valence-corrected chi connectivity index (χ4v) is 2.36. The second-order valence-electron chi connectivity index (χ2n) is 4.66. The molecule has 2 aliphatic heterocycles. The van der Waals surface area contributed by atoms with Crippen molar-refractivity contribution in [3.8, 4) is 0 Å². The maximum absolute atomic E-state index is 9.97. The lowest BCUT2D eigenvalue weighted by Gasteiger charge is -2.26. The van der Waals surface area contributed by atoms with E-state index < -0.39 is 31.1 Å². The molecule has 0 spiro atoms. The van der Waals surface area contributed by atoms with Gasteiger partial charge in [-0.15, -0.1) is 0 Å². The van der Waals surface area contributed by atoms with Crippen molar-refractivity contribution in [1.82, 2.24) is 14.6 Å². The average molecular weight is 285 g/mol. The van der Waals surface area contributed by atoms with Crippen LogP contribution in [0.2, 0.25) is 0 Å². The minimum Gasteiger partial charge on any atom is -0.394 e. The van der Waals surface area contributed by atoms with Gasteiger partial charge in [0.05, 0.1) is 12.9 Å². The second-order valence-corrected chi connectivity index (χ2v) is 4.66. The summed E-state index contributed by atoms with van der Waals surface area (Å²) in [5.74, 6) is 0.222. The van der Waals surface area contributed by atoms with Crippen molar-refractivity contribution in [3.05, 3.63) is 12.0 Å². The molecule has 20 heavy (non-hydrogen) atoms. The third-order valence-corrected chi connectivity index (χ3v) is 3.46. The number of amidine groups is 1. The van der Waals surface area contributed by atoms with Crippen molar-refractivity contribution in [2.75, 3.05) is 18.6 Å². The highest BCUT2D eigenvalue weighted by atomic mass is 16.6. The third-order valence-electron chi connectivity index (χ3n) is 3.46. The Bertz CT molecular complexity index is 534. The number of hydrogen-bond acceptors (Lipinski definition) is 8. The number of fused-ring (bicyclic) bond motifs is 1. The van der Waals surface area contributed by atoms with E-state index in [1.807, 2.05) is 0 Å². The molecule has 10 heteroatoms. The standard InChI is InChI=1S/C10H15N5O5/c11-8-5-9(13-3-15(8)19)14(2-12-5)10-7(18)6(17)4(1-16)20-10/h2,4,6-7,10-11,13,16-19H,1,3H2/t4-,6-,7-,10-/m1/s1. The first-order valence-electron chi connectivity index (χ1n) is 6.03. The molecule has 0 aliphatic carbocycles. The van der Waals surface area contributed by atoms with Crippen molar-refractivity contribution in [2.45, 2.75) is 24.5 Å². The Morgan fingerprint density at radius 1 is 1.45 bits per heavy atom. The van der Waals surface area contributed by atoms with Crippen LogP contribution in [0.3, 0.4) is 0 Å². The summed E-state index contributed by atoms with van der Waals surface area (Å²) >= 11 is 0. The van der Waals surface area contributed by atoms with Crippen LogP contribution >= 0.6 is 0 Å². The molecule has 1 aromatic heterocycles. The van der Waals surface area contributed by atoms with Gasteiger partial charge in [0, 0.05) is 0 Å². The number of nitrogens with one attached hydrogen (secondary N) is 2. The van der Waals surface area contributed by atoms with E-state index >= 15 is 0 Å². The summed E-state index contributed by atoms with van der Waals surface area (Å²) in [5, 5.41) is 49.4. The molecule has 0 saturated carbocycles. The van der Waals surface area contributed by atoms with E-state index in [9.17, 15) is 15.4 Å². The summed E-state index contributed by atoms with van der Waals surface area (Å²) < 4.78 is 6.83. The quantitative estimate of drug-likeness (QED) is 0.362. The van der Waals surface area contributed by atoms with E-state index in [1.54, 1.807) is 0 Å². The monoisotopic (exact) mass is 285 g/mol. The average Bonchev–Trinajstić information content (AvgIpc) is 2.98. The number of aromatic nitrogens is 2. The number of ether oxygens (including phenoxy) is 1. The number of aliphatic hydroxyl groups is 3. The van der Waals surface area contributed by atoms with Gasteiger partial charge >= 0.3 is 0 Å². The van der Waals surface area contributed by atoms with Crippen molar-refractivity contribution in [2.24, 2.45) is 0 Å². The third kappa shape index (κ3) is 1.77. The predicted octanol–water partition coefficient (Wildman–Crippen LogP) is -2.11. The van der Waals surface area contributed by atoms with Gasteiger partial charge < -0.3 is 25.4 Å². The van der Waals surface area contributed by atoms with Gasteiger partial charge in [0.15, 0.2) is 12.1 Å². The van der Waals surface area contributed by atoms with Crippen LogP contribution in [0.5, 0.6) is 0 Å². The van der Waals surface area contributed by atoms with Gasteiger partial charge in [-0.25, -0.2) is 10.0 Å². The number of hydrogen-bond donors (Lipinski definition) is 6. The normalized spacial score (nSPS) is 33.2. The van der Waals surface area contributed by atoms with Crippen LogP contribution in [0.15, 0.2) is 6.33 Å². The Hall–Kier alpha value is -1.72. The molecule has 1 fully saturated rings. The fourth-order valence-electron chi connectivity index (χ4n) is 2.36. The van der Waals surface area contributed by atoms with Crippen LogP contribution in [-0.2, 0) is 4.74 Å². The highest BCUT2D eigenvalue weighted by Gasteiger charge is 2.44. The minimum absolute atomic E-state index is 0.00762. The lowest BCUT2D eigenvalue weighted by molar-refractivity contribution is -0.0524. The van der Waals surface area contributed by atoms with Crippen LogP contribution in [0.25, 0.3) is 0 Å². The number of hydroxylamine groups is 2. The summed E-state index contributed by atoms with van der Waals surface area (Å²) in [6.07, 6.45) is -2.91. The van der Waals surface area contributed by atoms with Crippen LogP contribution in [0, 0.1) is 5.41 Å². The van der Waals surface area contributed by atoms with Crippen molar-refractivity contribution < 1.29 is 25.3 Å². The van der Waals surface area contributed by atoms with Gasteiger partial charge in [-0.2, -0.15) is 0 Å². The van der Waals surface area contributed by atoms with Gasteiger partial charge in [-0.3, -0.25) is 15.2 Å². The molecule has 3 heterocycles. The summed E-state index contributed by atoms with van der Waals surface area (Å²) in [5.41, 5.74) is 0.205. The van der Waals surface area contributed by atoms with E-state index in [-0.39, 0.29) is 18.2 Å². The molecule has 0 radical (unpaired) electrons. The molecule has 10 nitrogen and oxygen atoms in total. The molecular weight excluding hydrogens is 270 g/mol. The molecule has 3 rings (SSSR count). The Kier molecular flexibility index (Phi) is 3.11. The molecule has 0 aromatic carbocycles. The van der Waals surface area contributed by atoms with E-state index in [0.717, 1.165) is 0 Å². The van der Waals surface area contributed by atoms with Gasteiger partial charge in [-0.1, -0.05) is 0 Å². The van der Waals surface area contributed by atoms with E-state index in [2.05, 4.69) is 10.3 Å². The number of rotatable bonds is 2. The Balaban J connectivity index is 1.93. The molecule has 2 aliphatic rings.